The molecule has 1 amide bonds. The first-order valence-electron chi connectivity index (χ1n) is 11.3. The van der Waals surface area contributed by atoms with Gasteiger partial charge in [-0.3, -0.25) is 4.79 Å². The quantitative estimate of drug-likeness (QED) is 0.822. The second-order valence-corrected chi connectivity index (χ2v) is 9.77. The normalized spacial score (nSPS) is 37.3. The lowest BCUT2D eigenvalue weighted by Gasteiger charge is -2.56. The summed E-state index contributed by atoms with van der Waals surface area (Å²) in [5.74, 6) is 3.62. The van der Waals surface area contributed by atoms with Crippen LogP contribution in [-0.4, -0.2) is 39.0 Å². The molecule has 6 nitrogen and oxygen atoms in total. The van der Waals surface area contributed by atoms with E-state index in [2.05, 4.69) is 20.9 Å². The van der Waals surface area contributed by atoms with Crippen molar-refractivity contribution in [3.63, 3.8) is 0 Å². The SMILES string of the molecule is O=C(N[C@H]1CC[C@H]1NC1C2CC3CC(C2)CC1C3)c1cn(-c2ccccc2)nn1. The Labute approximate surface area is 171 Å². The molecule has 4 bridgehead atoms. The Bertz CT molecular complexity index is 866. The lowest BCUT2D eigenvalue weighted by molar-refractivity contribution is -0.0236. The molecule has 29 heavy (non-hydrogen) atoms. The molecule has 5 saturated carbocycles. The zero-order valence-corrected chi connectivity index (χ0v) is 16.7. The summed E-state index contributed by atoms with van der Waals surface area (Å²) in [5.41, 5.74) is 1.29. The van der Waals surface area contributed by atoms with Gasteiger partial charge >= 0.3 is 0 Å². The number of amides is 1. The number of nitrogens with one attached hydrogen (secondary N) is 2. The van der Waals surface area contributed by atoms with Gasteiger partial charge in [-0.05, 0) is 80.8 Å². The first-order valence-corrected chi connectivity index (χ1v) is 11.3. The molecule has 5 fully saturated rings. The molecule has 5 aliphatic carbocycles. The van der Waals surface area contributed by atoms with E-state index >= 15 is 0 Å². The summed E-state index contributed by atoms with van der Waals surface area (Å²) in [6.07, 6.45) is 11.1. The molecule has 2 aromatic rings. The van der Waals surface area contributed by atoms with Crippen molar-refractivity contribution in [3.05, 3.63) is 42.2 Å². The molecular weight excluding hydrogens is 362 g/mol. The van der Waals surface area contributed by atoms with E-state index in [0.29, 0.717) is 17.8 Å². The molecule has 1 aromatic carbocycles. The molecule has 6 heteroatoms. The molecule has 5 aliphatic rings. The smallest absolute Gasteiger partial charge is 0.273 e. The second-order valence-electron chi connectivity index (χ2n) is 9.77. The Morgan fingerprint density at radius 1 is 0.931 bits per heavy atom. The van der Waals surface area contributed by atoms with Crippen molar-refractivity contribution in [1.29, 1.82) is 0 Å². The molecule has 0 unspecified atom stereocenters. The van der Waals surface area contributed by atoms with E-state index in [4.69, 9.17) is 0 Å². The van der Waals surface area contributed by atoms with Crippen LogP contribution in [0.3, 0.4) is 0 Å². The topological polar surface area (TPSA) is 71.8 Å². The van der Waals surface area contributed by atoms with E-state index in [1.165, 1.54) is 32.1 Å². The Hall–Kier alpha value is -2.21. The number of aromatic nitrogens is 3. The van der Waals surface area contributed by atoms with E-state index < -0.39 is 0 Å². The molecule has 1 aromatic heterocycles. The zero-order chi connectivity index (χ0) is 19.4. The molecular formula is C23H29N5O. The second kappa shape index (κ2) is 6.94. The lowest BCUT2D eigenvalue weighted by atomic mass is 9.54. The van der Waals surface area contributed by atoms with E-state index in [9.17, 15) is 4.79 Å². The minimum atomic E-state index is -0.117. The van der Waals surface area contributed by atoms with E-state index in [1.54, 1.807) is 10.9 Å². The Balaban J connectivity index is 1.08. The third kappa shape index (κ3) is 3.18. The van der Waals surface area contributed by atoms with Gasteiger partial charge in [-0.1, -0.05) is 23.4 Å². The fourth-order valence-electron chi connectivity index (χ4n) is 6.63. The van der Waals surface area contributed by atoms with Crippen LogP contribution in [0.1, 0.15) is 55.4 Å². The first-order chi connectivity index (χ1) is 14.2. The van der Waals surface area contributed by atoms with Crippen LogP contribution < -0.4 is 10.6 Å². The van der Waals surface area contributed by atoms with Crippen LogP contribution in [0.4, 0.5) is 0 Å². The summed E-state index contributed by atoms with van der Waals surface area (Å²) in [7, 11) is 0. The highest BCUT2D eigenvalue weighted by Gasteiger charge is 2.49. The molecule has 0 radical (unpaired) electrons. The first kappa shape index (κ1) is 17.6. The van der Waals surface area contributed by atoms with Gasteiger partial charge < -0.3 is 10.6 Å². The van der Waals surface area contributed by atoms with Gasteiger partial charge in [-0.15, -0.1) is 5.10 Å². The van der Waals surface area contributed by atoms with E-state index in [1.807, 2.05) is 30.3 Å². The van der Waals surface area contributed by atoms with E-state index in [-0.39, 0.29) is 11.9 Å². The van der Waals surface area contributed by atoms with Crippen LogP contribution in [0.15, 0.2) is 36.5 Å². The predicted octanol–water partition coefficient (Wildman–Crippen LogP) is 2.94. The van der Waals surface area contributed by atoms with Crippen molar-refractivity contribution >= 4 is 5.91 Å². The molecule has 1 heterocycles. The summed E-state index contributed by atoms with van der Waals surface area (Å²) < 4.78 is 1.65. The van der Waals surface area contributed by atoms with Gasteiger partial charge in [0.25, 0.3) is 5.91 Å². The summed E-state index contributed by atoms with van der Waals surface area (Å²) in [5, 5.41) is 15.4. The number of hydrogen-bond donors (Lipinski definition) is 2. The average Bonchev–Trinajstić information content (AvgIpc) is 3.21. The van der Waals surface area contributed by atoms with Crippen LogP contribution >= 0.6 is 0 Å². The molecule has 0 saturated heterocycles. The van der Waals surface area contributed by atoms with Crippen molar-refractivity contribution in [2.45, 2.75) is 63.1 Å². The minimum absolute atomic E-state index is 0.117. The highest BCUT2D eigenvalue weighted by Crippen LogP contribution is 2.54. The standard InChI is InChI=1S/C23H29N5O/c29-23(21-13-28(27-26-21)18-4-2-1-3-5-18)25-20-7-6-19(20)24-22-16-9-14-8-15(11-16)12-17(22)10-14/h1-5,13-17,19-20,22,24H,6-12H2,(H,25,29)/t14?,15?,16?,17?,19-,20+,22?/m1/s1. The molecule has 152 valence electrons. The number of benzene rings is 1. The summed E-state index contributed by atoms with van der Waals surface area (Å²) in [6.45, 7) is 0. The number of carbonyl (C=O) groups is 1. The maximum absolute atomic E-state index is 12.7. The zero-order valence-electron chi connectivity index (χ0n) is 16.7. The van der Waals surface area contributed by atoms with Gasteiger partial charge in [0.15, 0.2) is 5.69 Å². The highest BCUT2D eigenvalue weighted by atomic mass is 16.2. The highest BCUT2D eigenvalue weighted by molar-refractivity contribution is 5.92. The monoisotopic (exact) mass is 391 g/mol. The molecule has 2 N–H and O–H groups in total. The largest absolute Gasteiger partial charge is 0.346 e. The Morgan fingerprint density at radius 2 is 1.62 bits per heavy atom. The van der Waals surface area contributed by atoms with Gasteiger partial charge in [0.2, 0.25) is 0 Å². The van der Waals surface area contributed by atoms with Crippen LogP contribution in [0.25, 0.3) is 5.69 Å². The molecule has 0 aliphatic heterocycles. The number of nitrogens with zero attached hydrogens (tertiary/aromatic N) is 3. The van der Waals surface area contributed by atoms with Crippen LogP contribution in [-0.2, 0) is 0 Å². The van der Waals surface area contributed by atoms with Crippen molar-refractivity contribution in [2.75, 3.05) is 0 Å². The third-order valence-corrected chi connectivity index (χ3v) is 7.97. The van der Waals surface area contributed by atoms with Gasteiger partial charge in [0.05, 0.1) is 11.9 Å². The van der Waals surface area contributed by atoms with Crippen LogP contribution in [0, 0.1) is 23.7 Å². The fraction of sp³-hybridized carbons (Fsp3) is 0.609. The Morgan fingerprint density at radius 3 is 2.28 bits per heavy atom. The number of rotatable bonds is 5. The fourth-order valence-corrected chi connectivity index (χ4v) is 6.63. The summed E-state index contributed by atoms with van der Waals surface area (Å²) in [4.78, 5) is 12.7. The lowest BCUT2D eigenvalue weighted by Crippen LogP contribution is -2.64. The van der Waals surface area contributed by atoms with Crippen molar-refractivity contribution in [3.8, 4) is 5.69 Å². The van der Waals surface area contributed by atoms with Crippen molar-refractivity contribution < 1.29 is 4.79 Å². The third-order valence-electron chi connectivity index (χ3n) is 7.97. The summed E-state index contributed by atoms with van der Waals surface area (Å²) >= 11 is 0. The van der Waals surface area contributed by atoms with Crippen LogP contribution in [0.5, 0.6) is 0 Å². The molecule has 2 atom stereocenters. The van der Waals surface area contributed by atoms with Gasteiger partial charge in [0, 0.05) is 18.1 Å². The number of para-hydroxylation sites is 1. The van der Waals surface area contributed by atoms with Gasteiger partial charge in [-0.25, -0.2) is 4.68 Å². The maximum atomic E-state index is 12.7. The molecule has 0 spiro atoms. The van der Waals surface area contributed by atoms with Gasteiger partial charge in [-0.2, -0.15) is 0 Å². The Kier molecular flexibility index (Phi) is 4.22. The predicted molar refractivity (Wildman–Crippen MR) is 110 cm³/mol. The minimum Gasteiger partial charge on any atom is -0.346 e. The number of carbonyl (C=O) groups excluding carboxylic acids is 1. The molecule has 7 rings (SSSR count). The van der Waals surface area contributed by atoms with Crippen molar-refractivity contribution in [2.24, 2.45) is 23.7 Å². The van der Waals surface area contributed by atoms with Crippen LogP contribution in [0.2, 0.25) is 0 Å². The van der Waals surface area contributed by atoms with Crippen molar-refractivity contribution in [1.82, 2.24) is 25.6 Å². The van der Waals surface area contributed by atoms with E-state index in [0.717, 1.165) is 42.2 Å². The summed E-state index contributed by atoms with van der Waals surface area (Å²) in [6, 6.07) is 11.1. The number of hydrogen-bond acceptors (Lipinski definition) is 4. The van der Waals surface area contributed by atoms with Gasteiger partial charge in [0.1, 0.15) is 0 Å². The average molecular weight is 392 g/mol. The maximum Gasteiger partial charge on any atom is 0.273 e.